The maximum absolute atomic E-state index is 1.64. The normalized spacial score (nSPS) is 57.6. The van der Waals surface area contributed by atoms with E-state index in [4.69, 9.17) is 0 Å². The third-order valence-corrected chi connectivity index (χ3v) is 8.17. The van der Waals surface area contributed by atoms with Crippen molar-refractivity contribution in [3.05, 3.63) is 0 Å². The molecule has 0 aromatic rings. The summed E-state index contributed by atoms with van der Waals surface area (Å²) in [5.41, 5.74) is 2.40. The minimum atomic E-state index is 1.17. The van der Waals surface area contributed by atoms with Crippen molar-refractivity contribution < 1.29 is 0 Å². The molecular formula is C14H23P. The van der Waals surface area contributed by atoms with Crippen molar-refractivity contribution in [1.82, 2.24) is 0 Å². The molecule has 84 valence electrons. The van der Waals surface area contributed by atoms with E-state index in [1.807, 2.05) is 0 Å². The fraction of sp³-hybridized carbons (Fsp3) is 1.00. The van der Waals surface area contributed by atoms with Crippen LogP contribution in [0.25, 0.3) is 0 Å². The van der Waals surface area contributed by atoms with Gasteiger partial charge in [-0.2, -0.15) is 0 Å². The van der Waals surface area contributed by atoms with Crippen LogP contribution in [0, 0.1) is 23.7 Å². The summed E-state index contributed by atoms with van der Waals surface area (Å²) in [5.74, 6) is 4.72. The Morgan fingerprint density at radius 2 is 1.13 bits per heavy atom. The van der Waals surface area contributed by atoms with Crippen LogP contribution in [0.3, 0.4) is 0 Å². The highest BCUT2D eigenvalue weighted by Crippen LogP contribution is 2.58. The van der Waals surface area contributed by atoms with E-state index in [2.05, 4.69) is 0 Å². The van der Waals surface area contributed by atoms with Gasteiger partial charge in [0.25, 0.3) is 0 Å². The number of hydrogen-bond acceptors (Lipinski definition) is 0. The minimum absolute atomic E-state index is 1.17. The molecule has 0 N–H and O–H groups in total. The van der Waals surface area contributed by atoms with Gasteiger partial charge in [0.1, 0.15) is 0 Å². The zero-order valence-corrected chi connectivity index (χ0v) is 10.6. The van der Waals surface area contributed by atoms with Gasteiger partial charge >= 0.3 is 0 Å². The first-order valence-electron chi connectivity index (χ1n) is 7.14. The third kappa shape index (κ3) is 1.51. The van der Waals surface area contributed by atoms with Crippen LogP contribution >= 0.6 is 8.58 Å². The van der Waals surface area contributed by atoms with E-state index in [9.17, 15) is 0 Å². The van der Waals surface area contributed by atoms with Crippen molar-refractivity contribution in [2.75, 3.05) is 0 Å². The topological polar surface area (TPSA) is 0 Å². The molecule has 0 amide bonds. The maximum atomic E-state index is 1.64. The molecule has 4 aliphatic carbocycles. The number of fused-ring (bicyclic) bond motifs is 4. The highest BCUT2D eigenvalue weighted by Gasteiger charge is 2.44. The van der Waals surface area contributed by atoms with Crippen LogP contribution in [-0.2, 0) is 0 Å². The van der Waals surface area contributed by atoms with Gasteiger partial charge in [-0.3, -0.25) is 0 Å². The van der Waals surface area contributed by atoms with Gasteiger partial charge in [-0.05, 0) is 73.5 Å². The quantitative estimate of drug-likeness (QED) is 0.618. The largest absolute Gasteiger partial charge is 0.115 e. The lowest BCUT2D eigenvalue weighted by Crippen LogP contribution is -2.19. The summed E-state index contributed by atoms with van der Waals surface area (Å²) in [4.78, 5) is 0. The third-order valence-electron chi connectivity index (χ3n) is 5.90. The first-order valence-corrected chi connectivity index (χ1v) is 8.30. The molecule has 0 spiro atoms. The van der Waals surface area contributed by atoms with Gasteiger partial charge in [0.2, 0.25) is 0 Å². The van der Waals surface area contributed by atoms with E-state index in [-0.39, 0.29) is 0 Å². The van der Waals surface area contributed by atoms with Crippen LogP contribution in [0.1, 0.15) is 51.4 Å². The molecule has 4 fully saturated rings. The molecule has 4 rings (SSSR count). The second-order valence-corrected chi connectivity index (χ2v) is 8.55. The molecule has 4 bridgehead atoms. The Morgan fingerprint density at radius 3 is 1.47 bits per heavy atom. The van der Waals surface area contributed by atoms with Crippen LogP contribution in [0.2, 0.25) is 0 Å². The summed E-state index contributed by atoms with van der Waals surface area (Å²) < 4.78 is 0. The average Bonchev–Trinajstić information content (AvgIpc) is 2.96. The first-order chi connectivity index (χ1) is 7.38. The molecule has 1 unspecified atom stereocenters. The lowest BCUT2D eigenvalue weighted by molar-refractivity contribution is 0.466. The zero-order valence-electron chi connectivity index (χ0n) is 9.62. The Labute approximate surface area is 95.4 Å². The summed E-state index contributed by atoms with van der Waals surface area (Å²) in [6, 6.07) is 0. The van der Waals surface area contributed by atoms with Gasteiger partial charge in [-0.25, -0.2) is 0 Å². The predicted octanol–water partition coefficient (Wildman–Crippen LogP) is 4.04. The van der Waals surface area contributed by atoms with Crippen molar-refractivity contribution in [1.29, 1.82) is 0 Å². The maximum Gasteiger partial charge on any atom is -0.0203 e. The number of hydrogen-bond donors (Lipinski definition) is 0. The highest BCUT2D eigenvalue weighted by molar-refractivity contribution is 7.39. The Balaban J connectivity index is 1.40. The van der Waals surface area contributed by atoms with E-state index in [0.717, 1.165) is 0 Å². The van der Waals surface area contributed by atoms with Crippen molar-refractivity contribution in [3.63, 3.8) is 0 Å². The molecule has 0 aromatic heterocycles. The Kier molecular flexibility index (Phi) is 2.18. The van der Waals surface area contributed by atoms with Crippen molar-refractivity contribution in [3.8, 4) is 0 Å². The van der Waals surface area contributed by atoms with Crippen molar-refractivity contribution >= 4 is 8.58 Å². The molecular weight excluding hydrogens is 199 g/mol. The summed E-state index contributed by atoms with van der Waals surface area (Å²) in [7, 11) is 1.37. The Morgan fingerprint density at radius 1 is 0.600 bits per heavy atom. The number of rotatable bonds is 2. The molecule has 15 heavy (non-hydrogen) atoms. The average molecular weight is 222 g/mol. The van der Waals surface area contributed by atoms with Gasteiger partial charge in [0.15, 0.2) is 0 Å². The van der Waals surface area contributed by atoms with Crippen LogP contribution < -0.4 is 0 Å². The van der Waals surface area contributed by atoms with E-state index >= 15 is 0 Å². The molecule has 0 saturated heterocycles. The molecule has 0 nitrogen and oxygen atoms in total. The fourth-order valence-electron chi connectivity index (χ4n) is 5.17. The van der Waals surface area contributed by atoms with Crippen LogP contribution in [0.5, 0.6) is 0 Å². The standard InChI is InChI=1S/C14H23P/c1-3-11-5-9(1)7-13(11)15-14-8-10-2-4-12(14)6-10/h9-15H,1-8H2/t9-,10-,11-,12-,13-,14+/m0/s1. The smallest absolute Gasteiger partial charge is 0.0203 e. The molecule has 0 radical (unpaired) electrons. The zero-order chi connectivity index (χ0) is 9.83. The van der Waals surface area contributed by atoms with Crippen molar-refractivity contribution in [2.24, 2.45) is 23.7 Å². The van der Waals surface area contributed by atoms with E-state index in [0.29, 0.717) is 0 Å². The molecule has 1 heteroatoms. The molecule has 7 atom stereocenters. The van der Waals surface area contributed by atoms with Gasteiger partial charge < -0.3 is 0 Å². The van der Waals surface area contributed by atoms with Gasteiger partial charge in [-0.15, -0.1) is 8.58 Å². The monoisotopic (exact) mass is 222 g/mol. The van der Waals surface area contributed by atoms with Crippen LogP contribution in [-0.4, -0.2) is 11.3 Å². The van der Waals surface area contributed by atoms with E-state index in [1.165, 1.54) is 43.6 Å². The summed E-state index contributed by atoms with van der Waals surface area (Å²) in [6.07, 6.45) is 12.9. The lowest BCUT2D eigenvalue weighted by atomic mass is 10.00. The van der Waals surface area contributed by atoms with E-state index < -0.39 is 0 Å². The van der Waals surface area contributed by atoms with Gasteiger partial charge in [0.05, 0.1) is 0 Å². The molecule has 0 aliphatic heterocycles. The second kappa shape index (κ2) is 3.46. The van der Waals surface area contributed by atoms with Gasteiger partial charge in [0, 0.05) is 0 Å². The Bertz CT molecular complexity index is 236. The van der Waals surface area contributed by atoms with Crippen LogP contribution in [0.15, 0.2) is 0 Å². The summed E-state index contributed by atoms with van der Waals surface area (Å²) >= 11 is 0. The van der Waals surface area contributed by atoms with E-state index in [1.54, 1.807) is 51.4 Å². The van der Waals surface area contributed by atoms with Crippen molar-refractivity contribution in [2.45, 2.75) is 62.7 Å². The van der Waals surface area contributed by atoms with Gasteiger partial charge in [-0.1, -0.05) is 12.8 Å². The highest BCUT2D eigenvalue weighted by atomic mass is 31.1. The molecule has 0 aromatic carbocycles. The molecule has 4 saturated carbocycles. The lowest BCUT2D eigenvalue weighted by Gasteiger charge is -2.29. The minimum Gasteiger partial charge on any atom is -0.115 e. The fourth-order valence-corrected chi connectivity index (χ4v) is 7.81. The Hall–Kier alpha value is 0.430. The second-order valence-electron chi connectivity index (χ2n) is 6.73. The predicted molar refractivity (Wildman–Crippen MR) is 66.8 cm³/mol. The molecule has 4 aliphatic rings. The van der Waals surface area contributed by atoms with Crippen LogP contribution in [0.4, 0.5) is 0 Å². The molecule has 0 heterocycles. The summed E-state index contributed by atoms with van der Waals surface area (Å²) in [6.45, 7) is 0. The summed E-state index contributed by atoms with van der Waals surface area (Å²) in [5, 5.41) is 0. The SMILES string of the molecule is C1C[C@H]2C[C@H]1C[C@@H]2P[C@@H]1C[C@H]2CC[C@H]1C2. The first kappa shape index (κ1) is 9.46.